The van der Waals surface area contributed by atoms with Crippen LogP contribution in [0.25, 0.3) is 10.2 Å². The molecule has 6 nitrogen and oxygen atoms in total. The summed E-state index contributed by atoms with van der Waals surface area (Å²) in [4.78, 5) is 4.07. The van der Waals surface area contributed by atoms with Gasteiger partial charge in [0, 0.05) is 0 Å². The van der Waals surface area contributed by atoms with E-state index in [2.05, 4.69) is 19.7 Å². The third-order valence-corrected chi connectivity index (χ3v) is 3.14. The van der Waals surface area contributed by atoms with Gasteiger partial charge in [0.1, 0.15) is 5.52 Å². The molecule has 0 bridgehead atoms. The standard InChI is InChI=1S/C11H10N6S/c1-7-6-17(11(12)14-7)13-5-8-2-3-10-9(4-8)15-16-18-10/h2-6H,1H3,(H2,12,14). The fourth-order valence-corrected chi connectivity index (χ4v) is 2.14. The maximum atomic E-state index is 5.70. The summed E-state index contributed by atoms with van der Waals surface area (Å²) in [5.41, 5.74) is 8.35. The Balaban J connectivity index is 1.93. The van der Waals surface area contributed by atoms with Crippen molar-refractivity contribution in [3.8, 4) is 0 Å². The van der Waals surface area contributed by atoms with Gasteiger partial charge in [0.05, 0.1) is 22.8 Å². The van der Waals surface area contributed by atoms with Crippen molar-refractivity contribution in [1.29, 1.82) is 0 Å². The van der Waals surface area contributed by atoms with Gasteiger partial charge in [-0.1, -0.05) is 10.6 Å². The van der Waals surface area contributed by atoms with E-state index in [1.54, 1.807) is 17.1 Å². The molecule has 3 rings (SSSR count). The molecule has 0 aliphatic rings. The molecule has 3 aromatic rings. The van der Waals surface area contributed by atoms with Crippen LogP contribution in [0.5, 0.6) is 0 Å². The zero-order chi connectivity index (χ0) is 12.5. The number of nitrogen functional groups attached to an aromatic ring is 1. The van der Waals surface area contributed by atoms with E-state index in [0.717, 1.165) is 21.5 Å². The first-order chi connectivity index (χ1) is 8.72. The van der Waals surface area contributed by atoms with Crippen molar-refractivity contribution in [3.05, 3.63) is 35.7 Å². The van der Waals surface area contributed by atoms with Gasteiger partial charge >= 0.3 is 0 Å². The monoisotopic (exact) mass is 258 g/mol. The lowest BCUT2D eigenvalue weighted by atomic mass is 10.2. The minimum Gasteiger partial charge on any atom is -0.368 e. The molecule has 0 saturated carbocycles. The highest BCUT2D eigenvalue weighted by molar-refractivity contribution is 7.12. The van der Waals surface area contributed by atoms with E-state index >= 15 is 0 Å². The van der Waals surface area contributed by atoms with Crippen LogP contribution in [-0.2, 0) is 0 Å². The Morgan fingerprint density at radius 2 is 2.33 bits per heavy atom. The van der Waals surface area contributed by atoms with E-state index in [-0.39, 0.29) is 0 Å². The topological polar surface area (TPSA) is 82.0 Å². The Kier molecular flexibility index (Phi) is 2.52. The molecule has 0 aliphatic heterocycles. The van der Waals surface area contributed by atoms with Crippen LogP contribution in [0.15, 0.2) is 29.5 Å². The number of aryl methyl sites for hydroxylation is 1. The van der Waals surface area contributed by atoms with Gasteiger partial charge in [-0.05, 0) is 36.2 Å². The lowest BCUT2D eigenvalue weighted by Crippen LogP contribution is -1.96. The van der Waals surface area contributed by atoms with Crippen LogP contribution in [0.3, 0.4) is 0 Å². The van der Waals surface area contributed by atoms with Crippen molar-refractivity contribution >= 4 is 33.9 Å². The molecule has 90 valence electrons. The number of nitrogens with two attached hydrogens (primary N) is 1. The molecule has 7 heteroatoms. The summed E-state index contributed by atoms with van der Waals surface area (Å²) in [5, 5.41) is 8.27. The number of hydrogen-bond acceptors (Lipinski definition) is 6. The van der Waals surface area contributed by atoms with Crippen LogP contribution < -0.4 is 5.73 Å². The fraction of sp³-hybridized carbons (Fsp3) is 0.0909. The molecule has 0 radical (unpaired) electrons. The predicted octanol–water partition coefficient (Wildman–Crippen LogP) is 1.66. The van der Waals surface area contributed by atoms with Crippen molar-refractivity contribution in [2.75, 3.05) is 5.73 Å². The van der Waals surface area contributed by atoms with Gasteiger partial charge in [-0.15, -0.1) is 5.10 Å². The molecule has 0 aliphatic carbocycles. The average molecular weight is 258 g/mol. The second kappa shape index (κ2) is 4.19. The van der Waals surface area contributed by atoms with Crippen LogP contribution in [0.2, 0.25) is 0 Å². The second-order valence-electron chi connectivity index (χ2n) is 3.83. The maximum Gasteiger partial charge on any atom is 0.221 e. The van der Waals surface area contributed by atoms with Gasteiger partial charge in [0.15, 0.2) is 0 Å². The zero-order valence-corrected chi connectivity index (χ0v) is 10.4. The molecule has 18 heavy (non-hydrogen) atoms. The second-order valence-corrected chi connectivity index (χ2v) is 4.62. The predicted molar refractivity (Wildman–Crippen MR) is 71.8 cm³/mol. The Labute approximate surface area is 107 Å². The van der Waals surface area contributed by atoms with E-state index in [0.29, 0.717) is 5.95 Å². The first kappa shape index (κ1) is 10.8. The summed E-state index contributed by atoms with van der Waals surface area (Å²) in [6.07, 6.45) is 3.49. The Morgan fingerprint density at radius 3 is 3.11 bits per heavy atom. The van der Waals surface area contributed by atoms with Crippen molar-refractivity contribution in [1.82, 2.24) is 19.2 Å². The number of rotatable bonds is 2. The van der Waals surface area contributed by atoms with E-state index in [9.17, 15) is 0 Å². The average Bonchev–Trinajstić information content (AvgIpc) is 2.92. The summed E-state index contributed by atoms with van der Waals surface area (Å²) in [6, 6.07) is 5.87. The summed E-state index contributed by atoms with van der Waals surface area (Å²) in [7, 11) is 0. The van der Waals surface area contributed by atoms with E-state index in [1.165, 1.54) is 11.5 Å². The molecular weight excluding hydrogens is 248 g/mol. The molecule has 0 fully saturated rings. The summed E-state index contributed by atoms with van der Waals surface area (Å²) in [5.74, 6) is 0.375. The first-order valence-electron chi connectivity index (χ1n) is 5.30. The van der Waals surface area contributed by atoms with Crippen LogP contribution >= 0.6 is 11.5 Å². The Bertz CT molecular complexity index is 726. The quantitative estimate of drug-likeness (QED) is 0.709. The highest BCUT2D eigenvalue weighted by atomic mass is 32.1. The van der Waals surface area contributed by atoms with Gasteiger partial charge in [0.25, 0.3) is 0 Å². The highest BCUT2D eigenvalue weighted by Gasteiger charge is 2.00. The molecule has 0 saturated heterocycles. The van der Waals surface area contributed by atoms with Crippen molar-refractivity contribution in [2.24, 2.45) is 5.10 Å². The van der Waals surface area contributed by atoms with Gasteiger partial charge in [-0.25, -0.2) is 9.66 Å². The third-order valence-electron chi connectivity index (χ3n) is 2.44. The van der Waals surface area contributed by atoms with Gasteiger partial charge < -0.3 is 5.73 Å². The van der Waals surface area contributed by atoms with Crippen LogP contribution in [0, 0.1) is 6.92 Å². The summed E-state index contributed by atoms with van der Waals surface area (Å²) >= 11 is 1.38. The van der Waals surface area contributed by atoms with Gasteiger partial charge in [-0.2, -0.15) is 5.10 Å². The van der Waals surface area contributed by atoms with Crippen molar-refractivity contribution in [2.45, 2.75) is 6.92 Å². The first-order valence-corrected chi connectivity index (χ1v) is 6.07. The van der Waals surface area contributed by atoms with Crippen LogP contribution in [-0.4, -0.2) is 25.5 Å². The summed E-state index contributed by atoms with van der Waals surface area (Å²) in [6.45, 7) is 1.87. The molecule has 0 atom stereocenters. The molecule has 0 amide bonds. The molecule has 0 spiro atoms. The number of anilines is 1. The zero-order valence-electron chi connectivity index (χ0n) is 9.61. The third kappa shape index (κ3) is 1.95. The SMILES string of the molecule is Cc1cn(N=Cc2ccc3snnc3c2)c(N)n1. The van der Waals surface area contributed by atoms with E-state index < -0.39 is 0 Å². The van der Waals surface area contributed by atoms with E-state index in [1.807, 2.05) is 25.1 Å². The molecule has 0 unspecified atom stereocenters. The number of nitrogens with zero attached hydrogens (tertiary/aromatic N) is 5. The molecule has 2 N–H and O–H groups in total. The largest absolute Gasteiger partial charge is 0.368 e. The summed E-state index contributed by atoms with van der Waals surface area (Å²) < 4.78 is 6.49. The highest BCUT2D eigenvalue weighted by Crippen LogP contribution is 2.15. The Hall–Kier alpha value is -2.28. The van der Waals surface area contributed by atoms with Gasteiger partial charge in [0.2, 0.25) is 5.95 Å². The molecule has 1 aromatic carbocycles. The molecule has 2 heterocycles. The minimum atomic E-state index is 0.375. The lowest BCUT2D eigenvalue weighted by Gasteiger charge is -1.95. The van der Waals surface area contributed by atoms with Gasteiger partial charge in [-0.3, -0.25) is 0 Å². The maximum absolute atomic E-state index is 5.70. The molecule has 2 aromatic heterocycles. The number of aromatic nitrogens is 4. The van der Waals surface area contributed by atoms with Crippen LogP contribution in [0.4, 0.5) is 5.95 Å². The van der Waals surface area contributed by atoms with Crippen molar-refractivity contribution < 1.29 is 0 Å². The number of benzene rings is 1. The molecular formula is C11H10N6S. The minimum absolute atomic E-state index is 0.375. The number of hydrogen-bond donors (Lipinski definition) is 1. The normalized spacial score (nSPS) is 11.6. The smallest absolute Gasteiger partial charge is 0.221 e. The Morgan fingerprint density at radius 1 is 1.44 bits per heavy atom. The lowest BCUT2D eigenvalue weighted by molar-refractivity contribution is 0.897. The van der Waals surface area contributed by atoms with Crippen LogP contribution in [0.1, 0.15) is 11.3 Å². The van der Waals surface area contributed by atoms with Crippen molar-refractivity contribution in [3.63, 3.8) is 0 Å². The van der Waals surface area contributed by atoms with E-state index in [4.69, 9.17) is 5.73 Å². The number of fused-ring (bicyclic) bond motifs is 1. The fourth-order valence-electron chi connectivity index (χ4n) is 1.60. The number of imidazole rings is 1.